The summed E-state index contributed by atoms with van der Waals surface area (Å²) in [6.07, 6.45) is -0.670. The summed E-state index contributed by atoms with van der Waals surface area (Å²) in [4.78, 5) is 35.3. The van der Waals surface area contributed by atoms with Crippen molar-refractivity contribution in [3.05, 3.63) is 71.3 Å². The van der Waals surface area contributed by atoms with Crippen molar-refractivity contribution >= 4 is 18.0 Å². The first-order valence-corrected chi connectivity index (χ1v) is 8.92. The Kier molecular flexibility index (Phi) is 7.56. The summed E-state index contributed by atoms with van der Waals surface area (Å²) in [5, 5.41) is 16.1. The van der Waals surface area contributed by atoms with Crippen LogP contribution in [0.3, 0.4) is 0 Å². The van der Waals surface area contributed by atoms with E-state index in [9.17, 15) is 19.5 Å². The van der Waals surface area contributed by atoms with Crippen molar-refractivity contribution in [3.63, 3.8) is 0 Å². The van der Waals surface area contributed by atoms with Crippen molar-refractivity contribution in [2.45, 2.75) is 33.0 Å². The van der Waals surface area contributed by atoms with Gasteiger partial charge in [-0.15, -0.1) is 0 Å². The summed E-state index contributed by atoms with van der Waals surface area (Å²) in [6.45, 7) is 3.95. The number of carboxylic acid groups (broad SMARTS) is 1. The van der Waals surface area contributed by atoms with Crippen molar-refractivity contribution in [2.24, 2.45) is 5.92 Å². The Morgan fingerprint density at radius 3 is 2.18 bits per heavy atom. The van der Waals surface area contributed by atoms with Gasteiger partial charge in [0.2, 0.25) is 5.91 Å². The van der Waals surface area contributed by atoms with Gasteiger partial charge in [-0.2, -0.15) is 0 Å². The lowest BCUT2D eigenvalue weighted by molar-refractivity contribution is -0.255. The maximum absolute atomic E-state index is 12.5. The monoisotopic (exact) mass is 383 g/mol. The second-order valence-electron chi connectivity index (χ2n) is 6.63. The zero-order chi connectivity index (χ0) is 20.5. The van der Waals surface area contributed by atoms with Crippen LogP contribution in [0.2, 0.25) is 0 Å². The molecule has 0 aliphatic rings. The molecule has 2 rings (SSSR count). The minimum Gasteiger partial charge on any atom is -0.545 e. The quantitative estimate of drug-likeness (QED) is 0.720. The number of alkyl carbamates (subject to hydrolysis) is 1. The van der Waals surface area contributed by atoms with Gasteiger partial charge in [-0.05, 0) is 22.6 Å². The molecule has 7 heteroatoms. The van der Waals surface area contributed by atoms with E-state index in [2.05, 4.69) is 10.6 Å². The van der Waals surface area contributed by atoms with Crippen LogP contribution in [0.25, 0.3) is 0 Å². The van der Waals surface area contributed by atoms with Crippen molar-refractivity contribution in [1.29, 1.82) is 0 Å². The lowest BCUT2D eigenvalue weighted by Gasteiger charge is -2.21. The van der Waals surface area contributed by atoms with Gasteiger partial charge in [0.1, 0.15) is 12.6 Å². The summed E-state index contributed by atoms with van der Waals surface area (Å²) in [6, 6.07) is 14.5. The summed E-state index contributed by atoms with van der Waals surface area (Å²) in [7, 11) is 0. The summed E-state index contributed by atoms with van der Waals surface area (Å²) < 4.78 is 5.17. The van der Waals surface area contributed by atoms with Crippen LogP contribution in [-0.4, -0.2) is 24.0 Å². The number of hydrogen-bond acceptors (Lipinski definition) is 5. The normalized spacial score (nSPS) is 11.5. The molecule has 0 unspecified atom stereocenters. The van der Waals surface area contributed by atoms with E-state index in [1.54, 1.807) is 12.1 Å². The number of benzene rings is 2. The third-order valence-electron chi connectivity index (χ3n) is 4.09. The van der Waals surface area contributed by atoms with E-state index in [0.717, 1.165) is 11.1 Å². The number of amides is 2. The molecule has 0 spiro atoms. The molecule has 2 amide bonds. The van der Waals surface area contributed by atoms with Gasteiger partial charge in [0.25, 0.3) is 0 Å². The Balaban J connectivity index is 1.86. The molecule has 0 aliphatic carbocycles. The number of aromatic carboxylic acids is 1. The van der Waals surface area contributed by atoms with Crippen LogP contribution in [0.15, 0.2) is 54.6 Å². The van der Waals surface area contributed by atoms with Gasteiger partial charge in [0, 0.05) is 6.54 Å². The predicted octanol–water partition coefficient (Wildman–Crippen LogP) is 1.62. The molecule has 2 N–H and O–H groups in total. The molecule has 148 valence electrons. The van der Waals surface area contributed by atoms with E-state index < -0.39 is 18.1 Å². The highest BCUT2D eigenvalue weighted by atomic mass is 16.5. The van der Waals surface area contributed by atoms with E-state index in [0.29, 0.717) is 0 Å². The molecule has 0 heterocycles. The first-order valence-electron chi connectivity index (χ1n) is 8.92. The molecular weight excluding hydrogens is 360 g/mol. The number of carbonyl (C=O) groups is 3. The van der Waals surface area contributed by atoms with E-state index in [-0.39, 0.29) is 30.5 Å². The smallest absolute Gasteiger partial charge is 0.408 e. The molecule has 0 fully saturated rings. The van der Waals surface area contributed by atoms with Gasteiger partial charge in [0.05, 0.1) is 5.97 Å². The van der Waals surface area contributed by atoms with Crippen molar-refractivity contribution in [1.82, 2.24) is 10.6 Å². The fourth-order valence-electron chi connectivity index (χ4n) is 2.48. The van der Waals surface area contributed by atoms with Crippen molar-refractivity contribution in [2.75, 3.05) is 0 Å². The second-order valence-corrected chi connectivity index (χ2v) is 6.63. The molecule has 7 nitrogen and oxygen atoms in total. The standard InChI is InChI=1S/C21H24N2O5/c1-14(2)18(23-21(27)28-13-16-6-4-3-5-7-16)19(24)22-12-15-8-10-17(11-9-15)20(25)26/h3-11,14,18H,12-13H2,1-2H3,(H,22,24)(H,23,27)(H,25,26)/p-1/t18-/m0/s1. The van der Waals surface area contributed by atoms with Gasteiger partial charge in [0.15, 0.2) is 0 Å². The zero-order valence-corrected chi connectivity index (χ0v) is 15.8. The fourth-order valence-corrected chi connectivity index (χ4v) is 2.48. The van der Waals surface area contributed by atoms with E-state index in [1.165, 1.54) is 12.1 Å². The lowest BCUT2D eigenvalue weighted by atomic mass is 10.0. The van der Waals surface area contributed by atoms with E-state index >= 15 is 0 Å². The molecule has 28 heavy (non-hydrogen) atoms. The number of carboxylic acids is 1. The number of hydrogen-bond donors (Lipinski definition) is 2. The highest BCUT2D eigenvalue weighted by molar-refractivity contribution is 5.86. The highest BCUT2D eigenvalue weighted by Crippen LogP contribution is 2.07. The first-order chi connectivity index (χ1) is 13.4. The molecule has 2 aromatic rings. The summed E-state index contributed by atoms with van der Waals surface area (Å²) in [5.41, 5.74) is 1.65. The maximum Gasteiger partial charge on any atom is 0.408 e. The van der Waals surface area contributed by atoms with Gasteiger partial charge >= 0.3 is 6.09 Å². The third kappa shape index (κ3) is 6.42. The average molecular weight is 383 g/mol. The second kappa shape index (κ2) is 10.1. The van der Waals surface area contributed by atoms with Gasteiger partial charge in [-0.3, -0.25) is 4.79 Å². The largest absolute Gasteiger partial charge is 0.545 e. The minimum atomic E-state index is -1.26. The van der Waals surface area contributed by atoms with Crippen LogP contribution >= 0.6 is 0 Å². The topological polar surface area (TPSA) is 108 Å². The van der Waals surface area contributed by atoms with Gasteiger partial charge in [-0.1, -0.05) is 68.4 Å². The Bertz CT molecular complexity index is 803. The Morgan fingerprint density at radius 1 is 0.964 bits per heavy atom. The zero-order valence-electron chi connectivity index (χ0n) is 15.8. The van der Waals surface area contributed by atoms with Gasteiger partial charge in [-0.25, -0.2) is 4.79 Å². The molecule has 0 radical (unpaired) electrons. The number of carbonyl (C=O) groups excluding carboxylic acids is 3. The van der Waals surface area contributed by atoms with Gasteiger partial charge < -0.3 is 25.3 Å². The Labute approximate surface area is 163 Å². The molecule has 0 aromatic heterocycles. The maximum atomic E-state index is 12.5. The fraction of sp³-hybridized carbons (Fsp3) is 0.286. The van der Waals surface area contributed by atoms with Crippen LogP contribution in [-0.2, 0) is 22.7 Å². The average Bonchev–Trinajstić information content (AvgIpc) is 2.69. The molecule has 1 atom stereocenters. The number of rotatable bonds is 8. The predicted molar refractivity (Wildman–Crippen MR) is 101 cm³/mol. The highest BCUT2D eigenvalue weighted by Gasteiger charge is 2.24. The van der Waals surface area contributed by atoms with E-state index in [4.69, 9.17) is 4.74 Å². The molecule has 0 aliphatic heterocycles. The number of ether oxygens (including phenoxy) is 1. The third-order valence-corrected chi connectivity index (χ3v) is 4.09. The molecular formula is C21H23N2O5-. The van der Waals surface area contributed by atoms with Crippen LogP contribution in [0, 0.1) is 5.92 Å². The lowest BCUT2D eigenvalue weighted by Crippen LogP contribution is -2.49. The molecule has 0 saturated carbocycles. The number of nitrogens with one attached hydrogen (secondary N) is 2. The van der Waals surface area contributed by atoms with Crippen LogP contribution < -0.4 is 15.7 Å². The molecule has 2 aromatic carbocycles. The van der Waals surface area contributed by atoms with Crippen molar-refractivity contribution < 1.29 is 24.2 Å². The summed E-state index contributed by atoms with van der Waals surface area (Å²) >= 11 is 0. The molecule has 0 saturated heterocycles. The van der Waals surface area contributed by atoms with Crippen molar-refractivity contribution in [3.8, 4) is 0 Å². The Morgan fingerprint density at radius 2 is 1.61 bits per heavy atom. The first kappa shape index (κ1) is 21.0. The molecule has 0 bridgehead atoms. The van der Waals surface area contributed by atoms with E-state index in [1.807, 2.05) is 44.2 Å². The summed E-state index contributed by atoms with van der Waals surface area (Å²) in [5.74, 6) is -1.76. The SMILES string of the molecule is CC(C)[C@H](NC(=O)OCc1ccccc1)C(=O)NCc1ccc(C(=O)[O-])cc1. The van der Waals surface area contributed by atoms with Crippen LogP contribution in [0.4, 0.5) is 4.79 Å². The minimum absolute atomic E-state index is 0.0676. The Hall–Kier alpha value is -3.35. The van der Waals surface area contributed by atoms with Crippen LogP contribution in [0.5, 0.6) is 0 Å². The van der Waals surface area contributed by atoms with Crippen LogP contribution in [0.1, 0.15) is 35.3 Å².